The third-order valence-corrected chi connectivity index (χ3v) is 10.0. The zero-order valence-electron chi connectivity index (χ0n) is 21.8. The maximum Gasteiger partial charge on any atom is 0.0735 e. The summed E-state index contributed by atoms with van der Waals surface area (Å²) in [6.45, 7) is 0. The van der Waals surface area contributed by atoms with Gasteiger partial charge >= 0.3 is 0 Å². The molecule has 0 saturated carbocycles. The molecule has 40 heavy (non-hydrogen) atoms. The zero-order chi connectivity index (χ0) is 26.3. The fraction of sp³-hybridized carbons (Fsp3) is 0.0256. The predicted molar refractivity (Wildman–Crippen MR) is 168 cm³/mol. The van der Waals surface area contributed by atoms with E-state index in [0.717, 1.165) is 0 Å². The minimum Gasteiger partial charge on any atom is -0.0894 e. The Kier molecular flexibility index (Phi) is 4.57. The summed E-state index contributed by atoms with van der Waals surface area (Å²) in [5, 5.41) is 5.18. The molecule has 2 aliphatic rings. The Morgan fingerprint density at radius 1 is 0.425 bits per heavy atom. The lowest BCUT2D eigenvalue weighted by atomic mass is 9.67. The summed E-state index contributed by atoms with van der Waals surface area (Å²) < 4.78 is 0. The summed E-state index contributed by atoms with van der Waals surface area (Å²) in [5.41, 5.74) is 10.4. The first-order valence-corrected chi connectivity index (χ1v) is 14.7. The molecular formula is C39H24S. The maximum atomic E-state index is 2.44. The van der Waals surface area contributed by atoms with Crippen LogP contribution < -0.4 is 0 Å². The average Bonchev–Trinajstić information content (AvgIpc) is 3.33. The molecule has 0 N–H and O–H groups in total. The largest absolute Gasteiger partial charge is 0.0894 e. The molecule has 1 aliphatic heterocycles. The van der Waals surface area contributed by atoms with Crippen molar-refractivity contribution in [3.63, 3.8) is 0 Å². The molecule has 1 heteroatoms. The second-order valence-corrected chi connectivity index (χ2v) is 12.0. The first-order valence-electron chi connectivity index (χ1n) is 13.9. The second-order valence-electron chi connectivity index (χ2n) is 10.9. The summed E-state index contributed by atoms with van der Waals surface area (Å²) in [6, 6.07) is 54.2. The van der Waals surface area contributed by atoms with Crippen molar-refractivity contribution in [3.8, 4) is 22.3 Å². The van der Waals surface area contributed by atoms with Crippen LogP contribution in [0.1, 0.15) is 22.3 Å². The van der Waals surface area contributed by atoms with Gasteiger partial charge in [-0.15, -0.1) is 0 Å². The van der Waals surface area contributed by atoms with E-state index in [9.17, 15) is 0 Å². The Labute approximate surface area is 237 Å². The van der Waals surface area contributed by atoms with Crippen molar-refractivity contribution in [1.82, 2.24) is 0 Å². The molecule has 1 atom stereocenters. The summed E-state index contributed by atoms with van der Waals surface area (Å²) in [6.07, 6.45) is 0. The number of rotatable bonds is 2. The van der Waals surface area contributed by atoms with Gasteiger partial charge in [0.05, 0.1) is 5.41 Å². The van der Waals surface area contributed by atoms with Crippen molar-refractivity contribution < 1.29 is 0 Å². The van der Waals surface area contributed by atoms with Crippen molar-refractivity contribution >= 4 is 33.3 Å². The Hall–Kier alpha value is -4.59. The second kappa shape index (κ2) is 8.21. The van der Waals surface area contributed by atoms with Crippen LogP contribution in [0.15, 0.2) is 155 Å². The molecule has 1 unspecified atom stereocenters. The van der Waals surface area contributed by atoms with Crippen LogP contribution in [0, 0.1) is 0 Å². The minimum absolute atomic E-state index is 0.314. The molecule has 0 saturated heterocycles. The van der Waals surface area contributed by atoms with Gasteiger partial charge in [0.2, 0.25) is 0 Å². The van der Waals surface area contributed by atoms with E-state index < -0.39 is 0 Å². The molecule has 0 nitrogen and oxygen atoms in total. The SMILES string of the molecule is c1ccc(C23c4ccccc4Sc4cc(-c5ccc6c(ccc7ccccc76)c5)cc(c42)-c2ccccc23)cc1. The predicted octanol–water partition coefficient (Wildman–Crippen LogP) is 10.5. The van der Waals surface area contributed by atoms with Crippen molar-refractivity contribution in [2.75, 3.05) is 0 Å². The van der Waals surface area contributed by atoms with E-state index in [1.54, 1.807) is 0 Å². The number of fused-ring (bicyclic) bond motifs is 8. The van der Waals surface area contributed by atoms with Gasteiger partial charge in [0.25, 0.3) is 0 Å². The van der Waals surface area contributed by atoms with Crippen LogP contribution in [0.25, 0.3) is 43.8 Å². The summed E-state index contributed by atoms with van der Waals surface area (Å²) in [5.74, 6) is 0. The van der Waals surface area contributed by atoms with Gasteiger partial charge in [-0.1, -0.05) is 133 Å². The zero-order valence-corrected chi connectivity index (χ0v) is 22.6. The van der Waals surface area contributed by atoms with Crippen LogP contribution in [-0.4, -0.2) is 0 Å². The summed E-state index contributed by atoms with van der Waals surface area (Å²) in [4.78, 5) is 2.69. The summed E-state index contributed by atoms with van der Waals surface area (Å²) in [7, 11) is 0. The van der Waals surface area contributed by atoms with E-state index in [0.29, 0.717) is 0 Å². The highest BCUT2D eigenvalue weighted by atomic mass is 32.2. The van der Waals surface area contributed by atoms with Gasteiger partial charge in [-0.3, -0.25) is 0 Å². The van der Waals surface area contributed by atoms with Crippen LogP contribution in [0.4, 0.5) is 0 Å². The lowest BCUT2D eigenvalue weighted by Gasteiger charge is -2.39. The molecular weight excluding hydrogens is 500 g/mol. The van der Waals surface area contributed by atoms with Crippen LogP contribution in [0.3, 0.4) is 0 Å². The molecule has 0 radical (unpaired) electrons. The minimum atomic E-state index is -0.314. The molecule has 0 spiro atoms. The fourth-order valence-corrected chi connectivity index (χ4v) is 8.51. The molecule has 0 aromatic heterocycles. The lowest BCUT2D eigenvalue weighted by Crippen LogP contribution is -2.31. The number of hydrogen-bond donors (Lipinski definition) is 0. The van der Waals surface area contributed by atoms with E-state index in [1.165, 1.54) is 75.8 Å². The average molecular weight is 525 g/mol. The van der Waals surface area contributed by atoms with Crippen molar-refractivity contribution in [2.45, 2.75) is 15.2 Å². The van der Waals surface area contributed by atoms with E-state index in [4.69, 9.17) is 0 Å². The fourth-order valence-electron chi connectivity index (χ4n) is 7.24. The van der Waals surface area contributed by atoms with E-state index in [2.05, 4.69) is 146 Å². The van der Waals surface area contributed by atoms with E-state index in [-0.39, 0.29) is 5.41 Å². The number of benzene rings is 7. The Morgan fingerprint density at radius 2 is 1.15 bits per heavy atom. The molecule has 9 rings (SSSR count). The van der Waals surface area contributed by atoms with E-state index in [1.807, 2.05) is 11.8 Å². The van der Waals surface area contributed by atoms with Gasteiger partial charge in [-0.05, 0) is 90.3 Å². The van der Waals surface area contributed by atoms with Crippen molar-refractivity contribution in [1.29, 1.82) is 0 Å². The smallest absolute Gasteiger partial charge is 0.0735 e. The maximum absolute atomic E-state index is 2.44. The molecule has 1 heterocycles. The molecule has 186 valence electrons. The monoisotopic (exact) mass is 524 g/mol. The molecule has 1 aliphatic carbocycles. The molecule has 7 aromatic carbocycles. The lowest BCUT2D eigenvalue weighted by molar-refractivity contribution is 0.725. The van der Waals surface area contributed by atoms with Gasteiger partial charge in [0.15, 0.2) is 0 Å². The normalized spacial score (nSPS) is 16.5. The quantitative estimate of drug-likeness (QED) is 0.203. The highest BCUT2D eigenvalue weighted by Gasteiger charge is 2.50. The van der Waals surface area contributed by atoms with Crippen LogP contribution in [0.2, 0.25) is 0 Å². The number of hydrogen-bond acceptors (Lipinski definition) is 1. The molecule has 0 bridgehead atoms. The molecule has 7 aromatic rings. The van der Waals surface area contributed by atoms with Crippen LogP contribution in [-0.2, 0) is 5.41 Å². The van der Waals surface area contributed by atoms with Gasteiger partial charge in [0.1, 0.15) is 0 Å². The molecule has 0 fully saturated rings. The molecule has 0 amide bonds. The van der Waals surface area contributed by atoms with Gasteiger partial charge in [-0.25, -0.2) is 0 Å². The van der Waals surface area contributed by atoms with Gasteiger partial charge in [0, 0.05) is 9.79 Å². The van der Waals surface area contributed by atoms with Crippen LogP contribution >= 0.6 is 11.8 Å². The first-order chi connectivity index (χ1) is 19.8. The highest BCUT2D eigenvalue weighted by Crippen LogP contribution is 2.63. The summed E-state index contributed by atoms with van der Waals surface area (Å²) >= 11 is 1.92. The Morgan fingerprint density at radius 3 is 2.08 bits per heavy atom. The van der Waals surface area contributed by atoms with Gasteiger partial charge < -0.3 is 0 Å². The topological polar surface area (TPSA) is 0 Å². The highest BCUT2D eigenvalue weighted by molar-refractivity contribution is 7.99. The Balaban J connectivity index is 1.34. The van der Waals surface area contributed by atoms with Crippen molar-refractivity contribution in [3.05, 3.63) is 168 Å². The standard InChI is InChI=1S/C39H24S/c1-2-11-29(12-3-1)39-34-15-7-6-14-32(34)33-23-28(24-37(38(33)39)40-36-17-9-8-16-35(36)39)26-20-21-31-27(22-26)19-18-25-10-4-5-13-30(25)31/h1-24H. The first kappa shape index (κ1) is 22.2. The van der Waals surface area contributed by atoms with Crippen molar-refractivity contribution in [2.24, 2.45) is 0 Å². The Bertz CT molecular complexity index is 2140. The van der Waals surface area contributed by atoms with Gasteiger partial charge in [-0.2, -0.15) is 0 Å². The van der Waals surface area contributed by atoms with Crippen LogP contribution in [0.5, 0.6) is 0 Å². The third-order valence-electron chi connectivity index (χ3n) is 8.89. The third kappa shape index (κ3) is 2.88. The van der Waals surface area contributed by atoms with E-state index >= 15 is 0 Å².